The minimum absolute atomic E-state index is 0.244. The summed E-state index contributed by atoms with van der Waals surface area (Å²) in [6, 6.07) is 12.9. The van der Waals surface area contributed by atoms with Crippen molar-refractivity contribution in [2.45, 2.75) is 33.6 Å². The van der Waals surface area contributed by atoms with E-state index in [-0.39, 0.29) is 18.4 Å². The first-order valence-corrected chi connectivity index (χ1v) is 10.4. The second-order valence-corrected chi connectivity index (χ2v) is 8.75. The number of nitrogens with zero attached hydrogens (tertiary/aromatic N) is 1. The number of benzene rings is 2. The van der Waals surface area contributed by atoms with Crippen LogP contribution in [0.5, 0.6) is 0 Å². The van der Waals surface area contributed by atoms with Gasteiger partial charge in [-0.25, -0.2) is 8.42 Å². The van der Waals surface area contributed by atoms with Gasteiger partial charge >= 0.3 is 0 Å². The minimum atomic E-state index is -3.58. The normalized spacial score (nSPS) is 11.5. The van der Waals surface area contributed by atoms with Crippen LogP contribution in [0.4, 0.5) is 11.4 Å². The molecule has 2 aromatic rings. The molecular formula is C20H26N2O3S. The van der Waals surface area contributed by atoms with Crippen LogP contribution in [0.2, 0.25) is 0 Å². The zero-order valence-electron chi connectivity index (χ0n) is 15.9. The molecule has 0 saturated heterocycles. The van der Waals surface area contributed by atoms with Crippen LogP contribution in [0.25, 0.3) is 0 Å². The molecule has 0 aliphatic carbocycles. The van der Waals surface area contributed by atoms with E-state index in [1.807, 2.05) is 44.2 Å². The molecule has 140 valence electrons. The Kier molecular flexibility index (Phi) is 6.08. The lowest BCUT2D eigenvalue weighted by Crippen LogP contribution is -2.37. The van der Waals surface area contributed by atoms with Crippen molar-refractivity contribution in [1.82, 2.24) is 0 Å². The highest BCUT2D eigenvalue weighted by Crippen LogP contribution is 2.27. The fraction of sp³-hybridized carbons (Fsp3) is 0.350. The van der Waals surface area contributed by atoms with Gasteiger partial charge in [0.1, 0.15) is 6.54 Å². The van der Waals surface area contributed by atoms with Gasteiger partial charge in [0.25, 0.3) is 0 Å². The van der Waals surface area contributed by atoms with Gasteiger partial charge in [0.05, 0.1) is 11.9 Å². The lowest BCUT2D eigenvalue weighted by molar-refractivity contribution is -0.114. The summed E-state index contributed by atoms with van der Waals surface area (Å²) in [6.45, 7) is 7.69. The molecule has 0 unspecified atom stereocenters. The van der Waals surface area contributed by atoms with Crippen LogP contribution in [-0.2, 0) is 14.8 Å². The van der Waals surface area contributed by atoms with Crippen LogP contribution in [-0.4, -0.2) is 27.1 Å². The molecule has 0 saturated carbocycles. The molecular weight excluding hydrogens is 348 g/mol. The molecule has 0 atom stereocenters. The van der Waals surface area contributed by atoms with Crippen molar-refractivity contribution in [3.05, 3.63) is 59.2 Å². The summed E-state index contributed by atoms with van der Waals surface area (Å²) in [7, 11) is -3.58. The van der Waals surface area contributed by atoms with E-state index in [2.05, 4.69) is 19.2 Å². The van der Waals surface area contributed by atoms with Crippen molar-refractivity contribution in [3.8, 4) is 0 Å². The number of anilines is 2. The molecule has 0 heterocycles. The zero-order valence-corrected chi connectivity index (χ0v) is 16.7. The average molecular weight is 375 g/mol. The van der Waals surface area contributed by atoms with Crippen molar-refractivity contribution in [2.24, 2.45) is 0 Å². The van der Waals surface area contributed by atoms with E-state index < -0.39 is 10.0 Å². The first kappa shape index (κ1) is 20.0. The molecule has 0 aliphatic heterocycles. The van der Waals surface area contributed by atoms with E-state index in [9.17, 15) is 13.2 Å². The number of rotatable bonds is 6. The van der Waals surface area contributed by atoms with Gasteiger partial charge in [-0.3, -0.25) is 9.10 Å². The van der Waals surface area contributed by atoms with Crippen LogP contribution in [0.15, 0.2) is 42.5 Å². The number of carbonyl (C=O) groups is 1. The highest BCUT2D eigenvalue weighted by molar-refractivity contribution is 7.92. The Morgan fingerprint density at radius 3 is 2.23 bits per heavy atom. The molecule has 0 radical (unpaired) electrons. The Balaban J connectivity index is 2.28. The minimum Gasteiger partial charge on any atom is -0.324 e. The van der Waals surface area contributed by atoms with Crippen LogP contribution < -0.4 is 9.62 Å². The summed E-state index contributed by atoms with van der Waals surface area (Å²) in [6.07, 6.45) is 1.10. The van der Waals surface area contributed by atoms with Crippen molar-refractivity contribution < 1.29 is 13.2 Å². The summed E-state index contributed by atoms with van der Waals surface area (Å²) >= 11 is 0. The third-order valence-corrected chi connectivity index (χ3v) is 5.34. The van der Waals surface area contributed by atoms with E-state index in [1.165, 1.54) is 0 Å². The quantitative estimate of drug-likeness (QED) is 0.835. The lowest BCUT2D eigenvalue weighted by Gasteiger charge is -2.23. The molecule has 0 spiro atoms. The number of sulfonamides is 1. The Hall–Kier alpha value is -2.34. The van der Waals surface area contributed by atoms with Crippen molar-refractivity contribution in [3.63, 3.8) is 0 Å². The Morgan fingerprint density at radius 2 is 1.69 bits per heavy atom. The monoisotopic (exact) mass is 374 g/mol. The molecule has 2 aromatic carbocycles. The first-order chi connectivity index (χ1) is 12.1. The number of amides is 1. The maximum Gasteiger partial charge on any atom is 0.245 e. The van der Waals surface area contributed by atoms with E-state index in [4.69, 9.17) is 0 Å². The van der Waals surface area contributed by atoms with Gasteiger partial charge in [0.2, 0.25) is 15.9 Å². The number of aryl methyl sites for hydroxylation is 2. The number of hydrogen-bond donors (Lipinski definition) is 1. The number of para-hydroxylation sites is 1. The second kappa shape index (κ2) is 7.91. The van der Waals surface area contributed by atoms with Crippen molar-refractivity contribution >= 4 is 27.3 Å². The smallest absolute Gasteiger partial charge is 0.245 e. The molecule has 1 N–H and O–H groups in total. The lowest BCUT2D eigenvalue weighted by atomic mass is 9.98. The van der Waals surface area contributed by atoms with E-state index >= 15 is 0 Å². The van der Waals surface area contributed by atoms with Crippen molar-refractivity contribution in [1.29, 1.82) is 0 Å². The van der Waals surface area contributed by atoms with E-state index in [0.717, 1.165) is 32.9 Å². The summed E-state index contributed by atoms with van der Waals surface area (Å²) in [5.74, 6) is -0.125. The van der Waals surface area contributed by atoms with Gasteiger partial charge in [0.15, 0.2) is 0 Å². The van der Waals surface area contributed by atoms with Gasteiger partial charge in [-0.2, -0.15) is 0 Å². The topological polar surface area (TPSA) is 66.5 Å². The van der Waals surface area contributed by atoms with Crippen LogP contribution in [0, 0.1) is 13.8 Å². The maximum atomic E-state index is 12.6. The summed E-state index contributed by atoms with van der Waals surface area (Å²) in [5.41, 5.74) is 4.23. The number of carbonyl (C=O) groups excluding carboxylic acids is 1. The SMILES string of the molecule is Cc1ccc(N(CC(=O)Nc2c(C)cccc2C(C)C)S(C)(=O)=O)cc1. The average Bonchev–Trinajstić information content (AvgIpc) is 2.54. The third kappa shape index (κ3) is 4.85. The number of hydrogen-bond acceptors (Lipinski definition) is 3. The largest absolute Gasteiger partial charge is 0.324 e. The fourth-order valence-electron chi connectivity index (χ4n) is 2.76. The van der Waals surface area contributed by atoms with Gasteiger partial charge in [0, 0.05) is 5.69 Å². The van der Waals surface area contributed by atoms with Crippen LogP contribution >= 0.6 is 0 Å². The second-order valence-electron chi connectivity index (χ2n) is 6.85. The zero-order chi connectivity index (χ0) is 19.5. The fourth-order valence-corrected chi connectivity index (χ4v) is 3.62. The molecule has 0 fully saturated rings. The third-order valence-electron chi connectivity index (χ3n) is 4.20. The molecule has 2 rings (SSSR count). The maximum absolute atomic E-state index is 12.6. The van der Waals surface area contributed by atoms with Gasteiger partial charge < -0.3 is 5.32 Å². The molecule has 5 nitrogen and oxygen atoms in total. The van der Waals surface area contributed by atoms with E-state index in [0.29, 0.717) is 5.69 Å². The molecule has 0 aromatic heterocycles. The van der Waals surface area contributed by atoms with E-state index in [1.54, 1.807) is 12.1 Å². The highest BCUT2D eigenvalue weighted by atomic mass is 32.2. The molecule has 0 bridgehead atoms. The molecule has 0 aliphatic rings. The summed E-state index contributed by atoms with van der Waals surface area (Å²) < 4.78 is 25.5. The number of nitrogens with one attached hydrogen (secondary N) is 1. The van der Waals surface area contributed by atoms with Crippen LogP contribution in [0.3, 0.4) is 0 Å². The molecule has 26 heavy (non-hydrogen) atoms. The molecule has 1 amide bonds. The first-order valence-electron chi connectivity index (χ1n) is 8.53. The summed E-state index contributed by atoms with van der Waals surface area (Å²) in [5, 5.41) is 2.90. The Bertz CT molecular complexity index is 888. The highest BCUT2D eigenvalue weighted by Gasteiger charge is 2.22. The molecule has 6 heteroatoms. The Morgan fingerprint density at radius 1 is 1.08 bits per heavy atom. The van der Waals surface area contributed by atoms with Gasteiger partial charge in [-0.05, 0) is 43.0 Å². The summed E-state index contributed by atoms with van der Waals surface area (Å²) in [4.78, 5) is 12.6. The predicted octanol–water partition coefficient (Wildman–Crippen LogP) is 3.83. The van der Waals surface area contributed by atoms with Crippen LogP contribution in [0.1, 0.15) is 36.5 Å². The standard InChI is InChI=1S/C20H26N2O3S/c1-14(2)18-8-6-7-16(4)20(18)21-19(23)13-22(26(5,24)25)17-11-9-15(3)10-12-17/h6-12,14H,13H2,1-5H3,(H,21,23). The predicted molar refractivity (Wildman–Crippen MR) is 107 cm³/mol. The Labute approximate surface area is 156 Å². The van der Waals surface area contributed by atoms with Gasteiger partial charge in [-0.15, -0.1) is 0 Å². The van der Waals surface area contributed by atoms with Crippen molar-refractivity contribution in [2.75, 3.05) is 22.4 Å². The van der Waals surface area contributed by atoms with Gasteiger partial charge in [-0.1, -0.05) is 49.7 Å².